The third-order valence-corrected chi connectivity index (χ3v) is 5.28. The average Bonchev–Trinajstić information content (AvgIpc) is 3.24. The first-order valence-corrected chi connectivity index (χ1v) is 10.4. The Bertz CT molecular complexity index is 1470. The van der Waals surface area contributed by atoms with E-state index in [1.807, 2.05) is 18.2 Å². The molecule has 4 rings (SSSR count). The number of anilines is 1. The maximum absolute atomic E-state index is 13.2. The number of nitrogens with one attached hydrogen (secondary N) is 1. The zero-order valence-corrected chi connectivity index (χ0v) is 18.0. The summed E-state index contributed by atoms with van der Waals surface area (Å²) in [4.78, 5) is 43.2. The number of alkyl halides is 3. The molecule has 0 saturated carbocycles. The van der Waals surface area contributed by atoms with Gasteiger partial charge in [0.25, 0.3) is 5.56 Å². The molecule has 176 valence electrons. The Kier molecular flexibility index (Phi) is 6.10. The highest BCUT2D eigenvalue weighted by Gasteiger charge is 2.30. The summed E-state index contributed by atoms with van der Waals surface area (Å²) in [6.45, 7) is 1.66. The largest absolute Gasteiger partial charge is 0.416 e. The molecule has 4 aromatic rings. The number of aryl methyl sites for hydroxylation is 1. The monoisotopic (exact) mass is 471 g/mol. The van der Waals surface area contributed by atoms with Gasteiger partial charge in [-0.3, -0.25) is 14.2 Å². The van der Waals surface area contributed by atoms with Crippen molar-refractivity contribution in [2.24, 2.45) is 0 Å². The molecule has 0 aliphatic heterocycles. The van der Waals surface area contributed by atoms with Crippen LogP contribution in [0.1, 0.15) is 18.1 Å². The van der Waals surface area contributed by atoms with Crippen molar-refractivity contribution >= 4 is 22.8 Å². The molecular weight excluding hydrogens is 451 g/mol. The first kappa shape index (κ1) is 23.0. The number of aromatic nitrogens is 4. The van der Waals surface area contributed by atoms with E-state index in [2.05, 4.69) is 10.3 Å². The van der Waals surface area contributed by atoms with Crippen LogP contribution < -0.4 is 16.6 Å². The van der Waals surface area contributed by atoms with E-state index in [0.717, 1.165) is 28.3 Å². The normalized spacial score (nSPS) is 11.6. The van der Waals surface area contributed by atoms with E-state index in [9.17, 15) is 27.6 Å². The number of nitrogens with zero attached hydrogens (tertiary/aromatic N) is 4. The summed E-state index contributed by atoms with van der Waals surface area (Å²) in [5, 5.41) is 2.33. The van der Waals surface area contributed by atoms with Gasteiger partial charge in [0.05, 0.1) is 18.4 Å². The number of hydrogen-bond acceptors (Lipinski definition) is 4. The predicted octanol–water partition coefficient (Wildman–Crippen LogP) is 3.09. The standard InChI is InChI=1S/C23H20F3N5O3/c1-2-29-14-27-20-19(29)21(33)31(22(34)30(20)12-15-7-4-3-5-8-15)13-18(32)28-17-10-6-9-16(11-17)23(24,25)26/h3-11,14H,2,12-13H2,1H3,(H,28,32). The molecule has 2 aromatic carbocycles. The topological polar surface area (TPSA) is 90.9 Å². The van der Waals surface area contributed by atoms with Crippen molar-refractivity contribution in [2.45, 2.75) is 32.7 Å². The highest BCUT2D eigenvalue weighted by atomic mass is 19.4. The smallest absolute Gasteiger partial charge is 0.325 e. The van der Waals surface area contributed by atoms with E-state index in [-0.39, 0.29) is 23.4 Å². The molecule has 0 fully saturated rings. The molecule has 1 amide bonds. The van der Waals surface area contributed by atoms with Crippen LogP contribution in [-0.4, -0.2) is 24.6 Å². The summed E-state index contributed by atoms with van der Waals surface area (Å²) in [6, 6.07) is 13.2. The second-order valence-electron chi connectivity index (χ2n) is 7.58. The molecule has 0 aliphatic rings. The number of rotatable bonds is 6. The minimum Gasteiger partial charge on any atom is -0.325 e. The molecule has 0 saturated heterocycles. The van der Waals surface area contributed by atoms with Gasteiger partial charge in [0.2, 0.25) is 5.91 Å². The van der Waals surface area contributed by atoms with Crippen LogP contribution >= 0.6 is 0 Å². The van der Waals surface area contributed by atoms with Crippen LogP contribution in [0.2, 0.25) is 0 Å². The van der Waals surface area contributed by atoms with Gasteiger partial charge in [0.1, 0.15) is 6.54 Å². The van der Waals surface area contributed by atoms with Crippen LogP contribution in [0.15, 0.2) is 70.5 Å². The van der Waals surface area contributed by atoms with Crippen LogP contribution in [0.4, 0.5) is 18.9 Å². The Morgan fingerprint density at radius 3 is 2.44 bits per heavy atom. The van der Waals surface area contributed by atoms with E-state index < -0.39 is 35.4 Å². The Labute approximate surface area is 190 Å². The lowest BCUT2D eigenvalue weighted by Crippen LogP contribution is -2.43. The minimum atomic E-state index is -4.58. The molecule has 8 nitrogen and oxygen atoms in total. The predicted molar refractivity (Wildman–Crippen MR) is 120 cm³/mol. The third kappa shape index (κ3) is 4.49. The zero-order valence-electron chi connectivity index (χ0n) is 18.0. The van der Waals surface area contributed by atoms with Crippen LogP contribution in [0.5, 0.6) is 0 Å². The number of halogens is 3. The van der Waals surface area contributed by atoms with Crippen molar-refractivity contribution in [3.05, 3.63) is 92.9 Å². The van der Waals surface area contributed by atoms with Crippen LogP contribution in [-0.2, 0) is 30.6 Å². The van der Waals surface area contributed by atoms with Crippen molar-refractivity contribution in [1.29, 1.82) is 0 Å². The maximum Gasteiger partial charge on any atom is 0.416 e. The number of fused-ring (bicyclic) bond motifs is 1. The van der Waals surface area contributed by atoms with Gasteiger partial charge in [-0.1, -0.05) is 36.4 Å². The number of benzene rings is 2. The van der Waals surface area contributed by atoms with Gasteiger partial charge >= 0.3 is 11.9 Å². The summed E-state index contributed by atoms with van der Waals surface area (Å²) < 4.78 is 42.5. The van der Waals surface area contributed by atoms with E-state index in [0.29, 0.717) is 6.54 Å². The van der Waals surface area contributed by atoms with Crippen LogP contribution in [0.25, 0.3) is 11.2 Å². The molecular formula is C23H20F3N5O3. The number of carbonyl (C=O) groups excluding carboxylic acids is 1. The first-order chi connectivity index (χ1) is 16.2. The lowest BCUT2D eigenvalue weighted by Gasteiger charge is -2.13. The number of hydrogen-bond donors (Lipinski definition) is 1. The highest BCUT2D eigenvalue weighted by molar-refractivity contribution is 5.90. The summed E-state index contributed by atoms with van der Waals surface area (Å²) in [7, 11) is 0. The van der Waals surface area contributed by atoms with Crippen molar-refractivity contribution in [1.82, 2.24) is 18.7 Å². The van der Waals surface area contributed by atoms with Crippen LogP contribution in [0, 0.1) is 0 Å². The van der Waals surface area contributed by atoms with Crippen LogP contribution in [0.3, 0.4) is 0 Å². The van der Waals surface area contributed by atoms with Gasteiger partial charge in [-0.25, -0.2) is 14.3 Å². The summed E-state index contributed by atoms with van der Waals surface area (Å²) in [6.07, 6.45) is -3.13. The molecule has 0 atom stereocenters. The van der Waals surface area contributed by atoms with Gasteiger partial charge < -0.3 is 9.88 Å². The molecule has 0 spiro atoms. The average molecular weight is 471 g/mol. The fourth-order valence-corrected chi connectivity index (χ4v) is 3.64. The van der Waals surface area contributed by atoms with Gasteiger partial charge in [-0.15, -0.1) is 0 Å². The van der Waals surface area contributed by atoms with Crippen molar-refractivity contribution in [3.8, 4) is 0 Å². The lowest BCUT2D eigenvalue weighted by molar-refractivity contribution is -0.137. The SMILES string of the molecule is CCn1cnc2c1c(=O)n(CC(=O)Nc1cccc(C(F)(F)F)c1)c(=O)n2Cc1ccccc1. The number of amides is 1. The quantitative estimate of drug-likeness (QED) is 0.468. The molecule has 0 radical (unpaired) electrons. The minimum absolute atomic E-state index is 0.0998. The first-order valence-electron chi connectivity index (χ1n) is 10.4. The fraction of sp³-hybridized carbons (Fsp3) is 0.217. The molecule has 1 N–H and O–H groups in total. The second kappa shape index (κ2) is 9.00. The van der Waals surface area contributed by atoms with E-state index >= 15 is 0 Å². The summed E-state index contributed by atoms with van der Waals surface area (Å²) >= 11 is 0. The second-order valence-corrected chi connectivity index (χ2v) is 7.58. The maximum atomic E-state index is 13.2. The summed E-state index contributed by atoms with van der Waals surface area (Å²) in [5.41, 5.74) is -1.35. The molecule has 2 aromatic heterocycles. The molecule has 34 heavy (non-hydrogen) atoms. The Balaban J connectivity index is 1.73. The molecule has 0 unspecified atom stereocenters. The third-order valence-electron chi connectivity index (χ3n) is 5.28. The van der Waals surface area contributed by atoms with Gasteiger partial charge in [0.15, 0.2) is 11.2 Å². The molecule has 0 aliphatic carbocycles. The lowest BCUT2D eigenvalue weighted by atomic mass is 10.2. The zero-order chi connectivity index (χ0) is 24.5. The number of carbonyl (C=O) groups is 1. The fourth-order valence-electron chi connectivity index (χ4n) is 3.64. The van der Waals surface area contributed by atoms with Gasteiger partial charge in [0, 0.05) is 12.2 Å². The van der Waals surface area contributed by atoms with E-state index in [1.165, 1.54) is 17.0 Å². The molecule has 0 bridgehead atoms. The van der Waals surface area contributed by atoms with Crippen molar-refractivity contribution in [2.75, 3.05) is 5.32 Å². The Morgan fingerprint density at radius 2 is 1.76 bits per heavy atom. The highest BCUT2D eigenvalue weighted by Crippen LogP contribution is 2.30. The summed E-state index contributed by atoms with van der Waals surface area (Å²) in [5.74, 6) is -0.813. The van der Waals surface area contributed by atoms with Gasteiger partial charge in [-0.05, 0) is 30.7 Å². The van der Waals surface area contributed by atoms with Gasteiger partial charge in [-0.2, -0.15) is 13.2 Å². The Morgan fingerprint density at radius 1 is 1.03 bits per heavy atom. The van der Waals surface area contributed by atoms with Crippen molar-refractivity contribution in [3.63, 3.8) is 0 Å². The van der Waals surface area contributed by atoms with Crippen molar-refractivity contribution < 1.29 is 18.0 Å². The van der Waals surface area contributed by atoms with E-state index in [1.54, 1.807) is 23.6 Å². The number of imidazole rings is 1. The molecule has 2 heterocycles. The molecule has 11 heteroatoms. The van der Waals surface area contributed by atoms with E-state index in [4.69, 9.17) is 0 Å². The Hall–Kier alpha value is -4.15.